The number of nitrogens with one attached hydrogen (secondary N) is 2. The van der Waals surface area contributed by atoms with Crippen molar-refractivity contribution in [3.05, 3.63) is 59.7 Å². The number of methoxy groups -OCH3 is 1. The first-order chi connectivity index (χ1) is 14.3. The minimum absolute atomic E-state index is 0.0316. The molecule has 9 heteroatoms. The zero-order valence-corrected chi connectivity index (χ0v) is 16.4. The number of hydrogen-bond acceptors (Lipinski definition) is 4. The van der Waals surface area contributed by atoms with Gasteiger partial charge in [0.15, 0.2) is 11.6 Å². The van der Waals surface area contributed by atoms with Gasteiger partial charge in [0, 0.05) is 25.7 Å². The zero-order chi connectivity index (χ0) is 21.8. The molecule has 2 aromatic carbocycles. The Morgan fingerprint density at radius 3 is 2.43 bits per heavy atom. The molecule has 1 saturated heterocycles. The first-order valence-electron chi connectivity index (χ1n) is 9.25. The average Bonchev–Trinajstić information content (AvgIpc) is 3.15. The molecule has 3 amide bonds. The molecule has 0 aromatic heterocycles. The van der Waals surface area contributed by atoms with E-state index in [1.165, 1.54) is 25.1 Å². The van der Waals surface area contributed by atoms with E-state index in [4.69, 9.17) is 4.74 Å². The van der Waals surface area contributed by atoms with Crippen molar-refractivity contribution in [2.24, 2.45) is 5.92 Å². The van der Waals surface area contributed by atoms with Crippen LogP contribution in [0, 0.1) is 17.6 Å². The van der Waals surface area contributed by atoms with Crippen molar-refractivity contribution in [2.75, 3.05) is 25.6 Å². The Kier molecular flexibility index (Phi) is 6.29. The lowest BCUT2D eigenvalue weighted by Crippen LogP contribution is -2.42. The van der Waals surface area contributed by atoms with Gasteiger partial charge >= 0.3 is 0 Å². The summed E-state index contributed by atoms with van der Waals surface area (Å²) in [5.74, 6) is -3.60. The number of carbonyl (C=O) groups excluding carboxylic acids is 3. The monoisotopic (exact) mass is 417 g/mol. The molecular formula is C21H21F2N3O4. The van der Waals surface area contributed by atoms with Crippen LogP contribution >= 0.6 is 0 Å². The lowest BCUT2D eigenvalue weighted by atomic mass is 10.0. The number of amides is 3. The van der Waals surface area contributed by atoms with Gasteiger partial charge in [-0.05, 0) is 42.0 Å². The molecule has 1 aliphatic heterocycles. The van der Waals surface area contributed by atoms with E-state index in [0.29, 0.717) is 11.4 Å². The second-order valence-corrected chi connectivity index (χ2v) is 6.83. The number of ether oxygens (including phenoxy) is 1. The maximum atomic E-state index is 13.6. The molecule has 0 saturated carbocycles. The van der Waals surface area contributed by atoms with Gasteiger partial charge < -0.3 is 20.3 Å². The Hall–Kier alpha value is -3.49. The van der Waals surface area contributed by atoms with Crippen LogP contribution in [0.25, 0.3) is 0 Å². The molecule has 0 aliphatic carbocycles. The number of likely N-dealkylation sites (N-methyl/N-ethyl adjacent to an activating group) is 1. The highest BCUT2D eigenvalue weighted by molar-refractivity contribution is 6.01. The molecule has 7 nitrogen and oxygen atoms in total. The molecule has 2 N–H and O–H groups in total. The number of nitrogens with zero attached hydrogens (tertiary/aromatic N) is 1. The highest BCUT2D eigenvalue weighted by Crippen LogP contribution is 2.27. The van der Waals surface area contributed by atoms with Gasteiger partial charge in [-0.3, -0.25) is 14.4 Å². The van der Waals surface area contributed by atoms with Gasteiger partial charge in [0.05, 0.1) is 13.0 Å². The summed E-state index contributed by atoms with van der Waals surface area (Å²) >= 11 is 0. The Morgan fingerprint density at radius 1 is 1.13 bits per heavy atom. The zero-order valence-electron chi connectivity index (χ0n) is 16.4. The van der Waals surface area contributed by atoms with Gasteiger partial charge in [-0.15, -0.1) is 0 Å². The smallest absolute Gasteiger partial charge is 0.246 e. The molecule has 2 unspecified atom stereocenters. The molecule has 0 radical (unpaired) electrons. The summed E-state index contributed by atoms with van der Waals surface area (Å²) in [5.41, 5.74) is 0.720. The maximum absolute atomic E-state index is 13.6. The van der Waals surface area contributed by atoms with Crippen LogP contribution in [0.15, 0.2) is 42.5 Å². The van der Waals surface area contributed by atoms with Crippen LogP contribution in [-0.4, -0.2) is 38.4 Å². The number of hydrogen-bond donors (Lipinski definition) is 2. The first kappa shape index (κ1) is 21.2. The minimum Gasteiger partial charge on any atom is -0.497 e. The lowest BCUT2D eigenvalue weighted by Gasteiger charge is -2.21. The quantitative estimate of drug-likeness (QED) is 0.752. The largest absolute Gasteiger partial charge is 0.497 e. The molecule has 2 atom stereocenters. The van der Waals surface area contributed by atoms with Crippen molar-refractivity contribution in [3.8, 4) is 5.75 Å². The van der Waals surface area contributed by atoms with E-state index in [0.717, 1.165) is 12.1 Å². The fraction of sp³-hybridized carbons (Fsp3) is 0.286. The van der Waals surface area contributed by atoms with Crippen molar-refractivity contribution in [1.82, 2.24) is 10.6 Å². The third-order valence-corrected chi connectivity index (χ3v) is 4.95. The minimum atomic E-state index is -1.22. The van der Waals surface area contributed by atoms with E-state index < -0.39 is 35.4 Å². The van der Waals surface area contributed by atoms with Crippen molar-refractivity contribution >= 4 is 23.4 Å². The molecule has 0 spiro atoms. The van der Waals surface area contributed by atoms with E-state index in [1.54, 1.807) is 24.3 Å². The Labute approximate surface area is 172 Å². The van der Waals surface area contributed by atoms with Gasteiger partial charge in [-0.25, -0.2) is 8.78 Å². The van der Waals surface area contributed by atoms with Gasteiger partial charge in [0.1, 0.15) is 11.8 Å². The standard InChI is InChI=1S/C21H21F2N3O4/c1-24-21(29)19(12-3-8-16(22)17(23)9-12)25-20(28)13-10-18(27)26(11-13)14-4-6-15(30-2)7-5-14/h3-9,13,19H,10-11H2,1-2H3,(H,24,29)(H,25,28). The third kappa shape index (κ3) is 4.40. The average molecular weight is 417 g/mol. The van der Waals surface area contributed by atoms with Gasteiger partial charge in [0.2, 0.25) is 17.7 Å². The predicted molar refractivity (Wildman–Crippen MR) is 105 cm³/mol. The number of benzene rings is 2. The molecule has 30 heavy (non-hydrogen) atoms. The molecule has 1 aliphatic rings. The van der Waals surface area contributed by atoms with Gasteiger partial charge in [-0.2, -0.15) is 0 Å². The second-order valence-electron chi connectivity index (χ2n) is 6.83. The van der Waals surface area contributed by atoms with Crippen LogP contribution in [0.5, 0.6) is 5.75 Å². The van der Waals surface area contributed by atoms with E-state index >= 15 is 0 Å². The summed E-state index contributed by atoms with van der Waals surface area (Å²) in [6.07, 6.45) is -0.0316. The number of rotatable bonds is 6. The lowest BCUT2D eigenvalue weighted by molar-refractivity contribution is -0.131. The van der Waals surface area contributed by atoms with E-state index in [9.17, 15) is 23.2 Å². The summed E-state index contributed by atoms with van der Waals surface area (Å²) in [4.78, 5) is 38.9. The highest BCUT2D eigenvalue weighted by Gasteiger charge is 2.37. The Balaban J connectivity index is 1.75. The van der Waals surface area contributed by atoms with Crippen molar-refractivity contribution in [2.45, 2.75) is 12.5 Å². The number of anilines is 1. The summed E-state index contributed by atoms with van der Waals surface area (Å²) < 4.78 is 31.9. The van der Waals surface area contributed by atoms with E-state index in [2.05, 4.69) is 10.6 Å². The fourth-order valence-electron chi connectivity index (χ4n) is 3.29. The summed E-state index contributed by atoms with van der Waals surface area (Å²) in [7, 11) is 2.90. The second kappa shape index (κ2) is 8.89. The Bertz CT molecular complexity index is 965. The normalized spacial score (nSPS) is 16.9. The SMILES string of the molecule is CNC(=O)C(NC(=O)C1CC(=O)N(c2ccc(OC)cc2)C1)c1ccc(F)c(F)c1. The van der Waals surface area contributed by atoms with Gasteiger partial charge in [0.25, 0.3) is 0 Å². The van der Waals surface area contributed by atoms with Gasteiger partial charge in [-0.1, -0.05) is 6.07 Å². The molecule has 1 heterocycles. The number of halogens is 2. The molecule has 2 aromatic rings. The number of carbonyl (C=O) groups is 3. The summed E-state index contributed by atoms with van der Waals surface area (Å²) in [5, 5.41) is 4.93. The molecular weight excluding hydrogens is 396 g/mol. The molecule has 0 bridgehead atoms. The van der Waals surface area contributed by atoms with Crippen LogP contribution < -0.4 is 20.3 Å². The summed E-state index contributed by atoms with van der Waals surface area (Å²) in [6, 6.07) is 8.60. The maximum Gasteiger partial charge on any atom is 0.246 e. The van der Waals surface area contributed by atoms with Crippen LogP contribution in [0.3, 0.4) is 0 Å². The van der Waals surface area contributed by atoms with Crippen LogP contribution in [-0.2, 0) is 14.4 Å². The molecule has 158 valence electrons. The van der Waals surface area contributed by atoms with E-state index in [-0.39, 0.29) is 24.4 Å². The van der Waals surface area contributed by atoms with Crippen molar-refractivity contribution < 1.29 is 27.9 Å². The topological polar surface area (TPSA) is 87.7 Å². The van der Waals surface area contributed by atoms with Crippen LogP contribution in [0.2, 0.25) is 0 Å². The fourth-order valence-corrected chi connectivity index (χ4v) is 3.29. The predicted octanol–water partition coefficient (Wildman–Crippen LogP) is 1.93. The third-order valence-electron chi connectivity index (χ3n) is 4.95. The first-order valence-corrected chi connectivity index (χ1v) is 9.25. The van der Waals surface area contributed by atoms with Crippen molar-refractivity contribution in [1.29, 1.82) is 0 Å². The van der Waals surface area contributed by atoms with Crippen LogP contribution in [0.4, 0.5) is 14.5 Å². The highest BCUT2D eigenvalue weighted by atomic mass is 19.2. The summed E-state index contributed by atoms with van der Waals surface area (Å²) in [6.45, 7) is 0.134. The molecule has 3 rings (SSSR count). The van der Waals surface area contributed by atoms with Crippen LogP contribution in [0.1, 0.15) is 18.0 Å². The molecule has 1 fully saturated rings. The Morgan fingerprint density at radius 2 is 1.83 bits per heavy atom. The van der Waals surface area contributed by atoms with E-state index in [1.807, 2.05) is 0 Å². The van der Waals surface area contributed by atoms with Crippen molar-refractivity contribution in [3.63, 3.8) is 0 Å².